The molecule has 2 aliphatic carbocycles. The van der Waals surface area contributed by atoms with E-state index < -0.39 is 27.6 Å². The predicted molar refractivity (Wildman–Crippen MR) is 87.9 cm³/mol. The Labute approximate surface area is 142 Å². The van der Waals surface area contributed by atoms with Crippen LogP contribution in [0, 0.1) is 18.3 Å². The highest BCUT2D eigenvalue weighted by Crippen LogP contribution is 2.49. The minimum absolute atomic E-state index is 0.0538. The first kappa shape index (κ1) is 17.3. The molecule has 0 bridgehead atoms. The number of hydrogen-bond donors (Lipinski definition) is 0. The van der Waals surface area contributed by atoms with Gasteiger partial charge in [0, 0.05) is 30.6 Å². The number of carbonyl (C=O) groups is 2. The molecule has 6 heteroatoms. The summed E-state index contributed by atoms with van der Waals surface area (Å²) in [4.78, 5) is 24.1. The van der Waals surface area contributed by atoms with E-state index in [2.05, 4.69) is 0 Å². The quantitative estimate of drug-likeness (QED) is 0.783. The molecule has 2 saturated carbocycles. The lowest BCUT2D eigenvalue weighted by molar-refractivity contribution is -0.147. The molecule has 3 rings (SSSR count). The normalized spacial score (nSPS) is 30.9. The van der Waals surface area contributed by atoms with Gasteiger partial charge in [-0.1, -0.05) is 24.6 Å². The minimum atomic E-state index is -3.89. The van der Waals surface area contributed by atoms with E-state index in [1.807, 2.05) is 13.8 Å². The lowest BCUT2D eigenvalue weighted by Gasteiger charge is -2.47. The van der Waals surface area contributed by atoms with Crippen LogP contribution in [0.2, 0.25) is 0 Å². The van der Waals surface area contributed by atoms with Gasteiger partial charge in [0.25, 0.3) is 10.1 Å². The number of ketones is 2. The number of Topliss-reactive ketones (excluding diaryl/α,β-unsaturated/α-hetero) is 2. The molecule has 24 heavy (non-hydrogen) atoms. The van der Waals surface area contributed by atoms with Crippen molar-refractivity contribution in [1.29, 1.82) is 0 Å². The second kappa shape index (κ2) is 6.08. The Morgan fingerprint density at radius 1 is 1.12 bits per heavy atom. The number of carbonyl (C=O) groups excluding carboxylic acids is 2. The van der Waals surface area contributed by atoms with Crippen molar-refractivity contribution in [3.05, 3.63) is 29.8 Å². The second-order valence-electron chi connectivity index (χ2n) is 7.16. The summed E-state index contributed by atoms with van der Waals surface area (Å²) in [5, 5.41) is 0. The Bertz CT molecular complexity index is 765. The molecule has 0 unspecified atom stereocenters. The topological polar surface area (TPSA) is 77.5 Å². The Hall–Kier alpha value is -1.53. The summed E-state index contributed by atoms with van der Waals surface area (Å²) >= 11 is 0. The number of benzene rings is 1. The Morgan fingerprint density at radius 2 is 1.79 bits per heavy atom. The van der Waals surface area contributed by atoms with Crippen LogP contribution in [0.25, 0.3) is 0 Å². The van der Waals surface area contributed by atoms with Crippen LogP contribution in [-0.2, 0) is 23.9 Å². The van der Waals surface area contributed by atoms with E-state index in [4.69, 9.17) is 4.18 Å². The van der Waals surface area contributed by atoms with Crippen molar-refractivity contribution in [2.45, 2.75) is 57.0 Å². The first-order chi connectivity index (χ1) is 11.2. The highest BCUT2D eigenvalue weighted by molar-refractivity contribution is 7.86. The van der Waals surface area contributed by atoms with Gasteiger partial charge in [-0.05, 0) is 31.9 Å². The van der Waals surface area contributed by atoms with E-state index in [9.17, 15) is 18.0 Å². The van der Waals surface area contributed by atoms with Gasteiger partial charge >= 0.3 is 0 Å². The molecule has 2 aliphatic rings. The fourth-order valence-corrected chi connectivity index (χ4v) is 5.06. The molecule has 130 valence electrons. The first-order valence-electron chi connectivity index (χ1n) is 8.27. The van der Waals surface area contributed by atoms with Crippen LogP contribution in [0.15, 0.2) is 29.2 Å². The molecule has 0 saturated heterocycles. The number of fused-ring (bicyclic) bond motifs is 1. The highest BCUT2D eigenvalue weighted by Gasteiger charge is 2.52. The molecular weight excluding hydrogens is 328 g/mol. The lowest BCUT2D eigenvalue weighted by atomic mass is 9.58. The fraction of sp³-hybridized carbons (Fsp3) is 0.556. The molecule has 5 nitrogen and oxygen atoms in total. The van der Waals surface area contributed by atoms with Crippen molar-refractivity contribution < 1.29 is 22.2 Å². The fourth-order valence-electron chi connectivity index (χ4n) is 3.86. The third kappa shape index (κ3) is 3.05. The second-order valence-corrected chi connectivity index (χ2v) is 8.73. The Morgan fingerprint density at radius 3 is 2.46 bits per heavy atom. The maximum atomic E-state index is 12.6. The van der Waals surface area contributed by atoms with Gasteiger partial charge in [-0.2, -0.15) is 8.42 Å². The molecule has 0 radical (unpaired) electrons. The molecule has 1 aromatic carbocycles. The molecule has 0 heterocycles. The van der Waals surface area contributed by atoms with E-state index in [1.165, 1.54) is 12.1 Å². The lowest BCUT2D eigenvalue weighted by Crippen LogP contribution is -2.52. The highest BCUT2D eigenvalue weighted by atomic mass is 32.2. The van der Waals surface area contributed by atoms with Crippen molar-refractivity contribution in [1.82, 2.24) is 0 Å². The van der Waals surface area contributed by atoms with Gasteiger partial charge in [-0.15, -0.1) is 0 Å². The molecule has 0 N–H and O–H groups in total. The summed E-state index contributed by atoms with van der Waals surface area (Å²) < 4.78 is 30.8. The average Bonchev–Trinajstić information content (AvgIpc) is 2.52. The van der Waals surface area contributed by atoms with Crippen LogP contribution in [-0.4, -0.2) is 26.1 Å². The van der Waals surface area contributed by atoms with Crippen LogP contribution >= 0.6 is 0 Å². The van der Waals surface area contributed by atoms with Crippen molar-refractivity contribution in [2.24, 2.45) is 11.3 Å². The maximum absolute atomic E-state index is 12.6. The first-order valence-corrected chi connectivity index (χ1v) is 9.67. The zero-order valence-corrected chi connectivity index (χ0v) is 14.8. The van der Waals surface area contributed by atoms with Crippen molar-refractivity contribution in [3.63, 3.8) is 0 Å². The average molecular weight is 350 g/mol. The molecule has 0 amide bonds. The standard InChI is InChI=1S/C18H22O5S/c1-12-3-5-14(6-4-12)24(21,22)23-17-8-7-16(20)15-11-13(19)9-10-18(15,17)2/h3-6,15,17H,7-11H2,1-2H3/t15-,17+,18+/m1/s1. The third-order valence-electron chi connectivity index (χ3n) is 5.50. The predicted octanol–water partition coefficient (Wildman–Crippen LogP) is 2.81. The molecule has 1 aromatic rings. The van der Waals surface area contributed by atoms with Gasteiger partial charge in [0.15, 0.2) is 0 Å². The van der Waals surface area contributed by atoms with Crippen molar-refractivity contribution in [3.8, 4) is 0 Å². The van der Waals surface area contributed by atoms with E-state index in [-0.39, 0.29) is 29.3 Å². The van der Waals surface area contributed by atoms with Crippen molar-refractivity contribution >= 4 is 21.7 Å². The summed E-state index contributed by atoms with van der Waals surface area (Å²) in [5.41, 5.74) is 0.371. The molecule has 2 fully saturated rings. The molecule has 0 aromatic heterocycles. The van der Waals surface area contributed by atoms with Gasteiger partial charge in [0.05, 0.1) is 11.0 Å². The summed E-state index contributed by atoms with van der Waals surface area (Å²) in [6.07, 6.45) is 1.16. The summed E-state index contributed by atoms with van der Waals surface area (Å²) in [7, 11) is -3.89. The molecule has 0 aliphatic heterocycles. The maximum Gasteiger partial charge on any atom is 0.297 e. The van der Waals surface area contributed by atoms with Gasteiger partial charge in [0.2, 0.25) is 0 Å². The summed E-state index contributed by atoms with van der Waals surface area (Å²) in [6, 6.07) is 6.51. The molecule has 3 atom stereocenters. The van der Waals surface area contributed by atoms with E-state index >= 15 is 0 Å². The molecule has 0 spiro atoms. The Kier molecular flexibility index (Phi) is 4.38. The van der Waals surface area contributed by atoms with Crippen molar-refractivity contribution in [2.75, 3.05) is 0 Å². The van der Waals surface area contributed by atoms with E-state index in [1.54, 1.807) is 12.1 Å². The third-order valence-corrected chi connectivity index (χ3v) is 6.84. The SMILES string of the molecule is Cc1ccc(S(=O)(=O)O[C@H]2CCC(=O)[C@H]3CC(=O)CC[C@]23C)cc1. The monoisotopic (exact) mass is 350 g/mol. The summed E-state index contributed by atoms with van der Waals surface area (Å²) in [6.45, 7) is 3.77. The van der Waals surface area contributed by atoms with Gasteiger partial charge < -0.3 is 0 Å². The zero-order valence-electron chi connectivity index (χ0n) is 13.9. The zero-order chi connectivity index (χ0) is 17.5. The Balaban J connectivity index is 1.87. The van der Waals surface area contributed by atoms with Crippen LogP contribution in [0.5, 0.6) is 0 Å². The number of aryl methyl sites for hydroxylation is 1. The largest absolute Gasteiger partial charge is 0.300 e. The van der Waals surface area contributed by atoms with Gasteiger partial charge in [-0.3, -0.25) is 13.8 Å². The van der Waals surface area contributed by atoms with E-state index in [0.717, 1.165) is 5.56 Å². The van der Waals surface area contributed by atoms with Gasteiger partial charge in [-0.25, -0.2) is 0 Å². The summed E-state index contributed by atoms with van der Waals surface area (Å²) in [5.74, 6) is -0.295. The number of rotatable bonds is 3. The van der Waals surface area contributed by atoms with Crippen LogP contribution < -0.4 is 0 Å². The number of hydrogen-bond acceptors (Lipinski definition) is 5. The molecular formula is C18H22O5S. The van der Waals surface area contributed by atoms with Crippen LogP contribution in [0.1, 0.15) is 44.6 Å². The van der Waals surface area contributed by atoms with Gasteiger partial charge in [0.1, 0.15) is 11.6 Å². The van der Waals surface area contributed by atoms with E-state index in [0.29, 0.717) is 19.3 Å². The van der Waals surface area contributed by atoms with Crippen LogP contribution in [0.3, 0.4) is 0 Å². The minimum Gasteiger partial charge on any atom is -0.300 e. The van der Waals surface area contributed by atoms with Crippen LogP contribution in [0.4, 0.5) is 0 Å². The smallest absolute Gasteiger partial charge is 0.297 e.